The number of anilines is 2. The third kappa shape index (κ3) is 2.86. The van der Waals surface area contributed by atoms with Crippen LogP contribution in [0.25, 0.3) is 0 Å². The van der Waals surface area contributed by atoms with Crippen LogP contribution in [0.3, 0.4) is 0 Å². The minimum Gasteiger partial charge on any atom is -0.428 e. The van der Waals surface area contributed by atoms with Gasteiger partial charge in [-0.3, -0.25) is 0 Å². The highest BCUT2D eigenvalue weighted by Gasteiger charge is 1.94. The van der Waals surface area contributed by atoms with Crippen LogP contribution in [0.4, 0.5) is 11.4 Å². The predicted octanol–water partition coefficient (Wildman–Crippen LogP) is 4.16. The normalized spacial score (nSPS) is 9.67. The maximum Gasteiger partial charge on any atom is 0.192 e. The average molecular weight is 311 g/mol. The van der Waals surface area contributed by atoms with Gasteiger partial charge in [0, 0.05) is 11.4 Å². The van der Waals surface area contributed by atoms with E-state index in [-0.39, 0.29) is 0 Å². The molecule has 0 heterocycles. The zero-order chi connectivity index (χ0) is 10.5. The molecular formula is C12H10INO. The lowest BCUT2D eigenvalue weighted by atomic mass is 10.2. The number of rotatable bonds is 3. The maximum atomic E-state index is 5.06. The lowest BCUT2D eigenvalue weighted by Gasteiger charge is -2.06. The van der Waals surface area contributed by atoms with E-state index < -0.39 is 0 Å². The molecule has 0 unspecified atom stereocenters. The minimum atomic E-state index is 0.856. The summed E-state index contributed by atoms with van der Waals surface area (Å²) < 4.78 is 5.06. The van der Waals surface area contributed by atoms with Crippen LogP contribution < -0.4 is 8.38 Å². The van der Waals surface area contributed by atoms with Gasteiger partial charge in [0.05, 0.1) is 0 Å². The first kappa shape index (κ1) is 10.3. The maximum absolute atomic E-state index is 5.06. The van der Waals surface area contributed by atoms with Crippen LogP contribution >= 0.6 is 23.0 Å². The van der Waals surface area contributed by atoms with Crippen LogP contribution in [0.2, 0.25) is 0 Å². The molecule has 0 spiro atoms. The van der Waals surface area contributed by atoms with Crippen molar-refractivity contribution >= 4 is 34.4 Å². The van der Waals surface area contributed by atoms with Crippen molar-refractivity contribution in [3.05, 3.63) is 54.6 Å². The Kier molecular flexibility index (Phi) is 3.45. The minimum absolute atomic E-state index is 0.856. The van der Waals surface area contributed by atoms with E-state index in [2.05, 4.69) is 5.32 Å². The Morgan fingerprint density at radius 3 is 2.00 bits per heavy atom. The summed E-state index contributed by atoms with van der Waals surface area (Å²) in [6, 6.07) is 17.9. The smallest absolute Gasteiger partial charge is 0.192 e. The summed E-state index contributed by atoms with van der Waals surface area (Å²) in [4.78, 5) is 0. The Morgan fingerprint density at radius 1 is 0.800 bits per heavy atom. The van der Waals surface area contributed by atoms with Crippen LogP contribution in [-0.4, -0.2) is 0 Å². The molecule has 0 aliphatic heterocycles. The fraction of sp³-hybridized carbons (Fsp3) is 0. The Labute approximate surface area is 103 Å². The van der Waals surface area contributed by atoms with Gasteiger partial charge in [-0.1, -0.05) is 18.2 Å². The number of hydrogen-bond donors (Lipinski definition) is 1. The molecule has 0 fully saturated rings. The quantitative estimate of drug-likeness (QED) is 0.860. The molecule has 2 aromatic rings. The van der Waals surface area contributed by atoms with Gasteiger partial charge in [0.1, 0.15) is 5.75 Å². The Morgan fingerprint density at radius 2 is 1.40 bits per heavy atom. The van der Waals surface area contributed by atoms with Gasteiger partial charge in [-0.2, -0.15) is 0 Å². The standard InChI is InChI=1S/C12H10INO/c13-15-12-8-6-11(7-9-12)14-10-4-2-1-3-5-10/h1-9,14H. The largest absolute Gasteiger partial charge is 0.428 e. The van der Waals surface area contributed by atoms with E-state index in [4.69, 9.17) is 3.07 Å². The molecule has 0 saturated carbocycles. The molecule has 2 rings (SSSR count). The second-order valence-corrected chi connectivity index (χ2v) is 3.53. The van der Waals surface area contributed by atoms with Crippen molar-refractivity contribution in [3.8, 4) is 5.75 Å². The van der Waals surface area contributed by atoms with E-state index in [1.54, 1.807) is 0 Å². The third-order valence-corrected chi connectivity index (χ3v) is 2.51. The van der Waals surface area contributed by atoms with Gasteiger partial charge in [-0.05, 0) is 36.4 Å². The van der Waals surface area contributed by atoms with Gasteiger partial charge in [0.2, 0.25) is 0 Å². The van der Waals surface area contributed by atoms with E-state index in [0.717, 1.165) is 17.1 Å². The van der Waals surface area contributed by atoms with Crippen molar-refractivity contribution in [2.75, 3.05) is 5.32 Å². The van der Waals surface area contributed by atoms with E-state index in [9.17, 15) is 0 Å². The summed E-state index contributed by atoms with van der Waals surface area (Å²) >= 11 is 1.87. The van der Waals surface area contributed by atoms with Crippen LogP contribution in [0.5, 0.6) is 5.75 Å². The molecule has 2 nitrogen and oxygen atoms in total. The second kappa shape index (κ2) is 5.02. The highest BCUT2D eigenvalue weighted by molar-refractivity contribution is 14.1. The molecule has 76 valence electrons. The topological polar surface area (TPSA) is 21.3 Å². The molecule has 0 radical (unpaired) electrons. The molecule has 0 atom stereocenters. The first-order valence-electron chi connectivity index (χ1n) is 4.59. The van der Waals surface area contributed by atoms with Crippen LogP contribution in [0, 0.1) is 0 Å². The van der Waals surface area contributed by atoms with Crippen molar-refractivity contribution in [3.63, 3.8) is 0 Å². The number of hydrogen-bond acceptors (Lipinski definition) is 2. The van der Waals surface area contributed by atoms with Gasteiger partial charge >= 0.3 is 0 Å². The zero-order valence-electron chi connectivity index (χ0n) is 7.98. The van der Waals surface area contributed by atoms with Crippen LogP contribution in [-0.2, 0) is 0 Å². The molecule has 0 bridgehead atoms. The highest BCUT2D eigenvalue weighted by Crippen LogP contribution is 2.20. The van der Waals surface area contributed by atoms with Gasteiger partial charge in [-0.25, -0.2) is 0 Å². The van der Waals surface area contributed by atoms with Crippen molar-refractivity contribution < 1.29 is 3.07 Å². The second-order valence-electron chi connectivity index (χ2n) is 3.09. The van der Waals surface area contributed by atoms with Crippen LogP contribution in [0.1, 0.15) is 0 Å². The molecule has 3 heteroatoms. The monoisotopic (exact) mass is 311 g/mol. The Hall–Kier alpha value is -1.23. The first-order chi connectivity index (χ1) is 7.38. The summed E-state index contributed by atoms with van der Waals surface area (Å²) in [5.74, 6) is 0.856. The van der Waals surface area contributed by atoms with Gasteiger partial charge in [0.15, 0.2) is 23.0 Å². The van der Waals surface area contributed by atoms with Crippen molar-refractivity contribution in [1.82, 2.24) is 0 Å². The molecule has 0 aromatic heterocycles. The predicted molar refractivity (Wildman–Crippen MR) is 70.8 cm³/mol. The molecule has 0 saturated heterocycles. The van der Waals surface area contributed by atoms with E-state index in [0.29, 0.717) is 0 Å². The van der Waals surface area contributed by atoms with E-state index >= 15 is 0 Å². The lowest BCUT2D eigenvalue weighted by molar-refractivity contribution is 0.717. The first-order valence-corrected chi connectivity index (χ1v) is 5.47. The fourth-order valence-corrected chi connectivity index (χ4v) is 1.57. The Balaban J connectivity index is 2.11. The Bertz CT molecular complexity index is 413. The SMILES string of the molecule is IOc1ccc(Nc2ccccc2)cc1. The summed E-state index contributed by atoms with van der Waals surface area (Å²) in [7, 11) is 0. The zero-order valence-corrected chi connectivity index (χ0v) is 10.1. The van der Waals surface area contributed by atoms with Gasteiger partial charge in [-0.15, -0.1) is 0 Å². The number of para-hydroxylation sites is 1. The van der Waals surface area contributed by atoms with E-state index in [1.165, 1.54) is 0 Å². The molecule has 0 amide bonds. The van der Waals surface area contributed by atoms with Crippen molar-refractivity contribution in [2.45, 2.75) is 0 Å². The molecule has 1 N–H and O–H groups in total. The average Bonchev–Trinajstić information content (AvgIpc) is 2.31. The van der Waals surface area contributed by atoms with Crippen molar-refractivity contribution in [2.24, 2.45) is 0 Å². The lowest BCUT2D eigenvalue weighted by Crippen LogP contribution is -1.88. The summed E-state index contributed by atoms with van der Waals surface area (Å²) in [6.45, 7) is 0. The fourth-order valence-electron chi connectivity index (χ4n) is 1.28. The van der Waals surface area contributed by atoms with Crippen molar-refractivity contribution in [1.29, 1.82) is 0 Å². The molecule has 0 aliphatic rings. The van der Waals surface area contributed by atoms with Gasteiger partial charge < -0.3 is 8.38 Å². The van der Waals surface area contributed by atoms with Crippen LogP contribution in [0.15, 0.2) is 54.6 Å². The number of benzene rings is 2. The molecule has 15 heavy (non-hydrogen) atoms. The van der Waals surface area contributed by atoms with E-state index in [1.807, 2.05) is 77.6 Å². The number of nitrogens with one attached hydrogen (secondary N) is 1. The molecule has 0 aliphatic carbocycles. The summed E-state index contributed by atoms with van der Waals surface area (Å²) in [5, 5.41) is 3.30. The highest BCUT2D eigenvalue weighted by atomic mass is 127. The third-order valence-electron chi connectivity index (χ3n) is 2.01. The molecular weight excluding hydrogens is 301 g/mol. The summed E-state index contributed by atoms with van der Waals surface area (Å²) in [5.41, 5.74) is 2.14. The molecule has 2 aromatic carbocycles. The summed E-state index contributed by atoms with van der Waals surface area (Å²) in [6.07, 6.45) is 0. The van der Waals surface area contributed by atoms with Gasteiger partial charge in [0.25, 0.3) is 0 Å². The number of halogens is 1.